The summed E-state index contributed by atoms with van der Waals surface area (Å²) in [6, 6.07) is 21.0. The molecule has 4 rings (SSSR count). The first-order valence-electron chi connectivity index (χ1n) is 10.9. The van der Waals surface area contributed by atoms with Crippen molar-refractivity contribution in [1.82, 2.24) is 9.88 Å². The number of aryl methyl sites for hydroxylation is 1. The first-order chi connectivity index (χ1) is 16.3. The van der Waals surface area contributed by atoms with Crippen LogP contribution in [-0.2, 0) is 17.8 Å². The predicted molar refractivity (Wildman–Crippen MR) is 137 cm³/mol. The average Bonchev–Trinajstić information content (AvgIpc) is 3.10. The highest BCUT2D eigenvalue weighted by Gasteiger charge is 2.19. The SMILES string of the molecule is CN(C)Cc1cccc(N=C(c2cccc(CCC(=O)O)c2)c2c(O)[nH]c3cc(Cl)ccc23)c1. The molecule has 6 nitrogen and oxygen atoms in total. The molecule has 0 atom stereocenters. The van der Waals surface area contributed by atoms with E-state index >= 15 is 0 Å². The van der Waals surface area contributed by atoms with Gasteiger partial charge in [0.1, 0.15) is 0 Å². The van der Waals surface area contributed by atoms with Crippen LogP contribution in [0.4, 0.5) is 5.69 Å². The van der Waals surface area contributed by atoms with Crippen molar-refractivity contribution in [2.24, 2.45) is 4.99 Å². The third-order valence-corrected chi connectivity index (χ3v) is 5.69. The zero-order chi connectivity index (χ0) is 24.2. The second-order valence-corrected chi connectivity index (χ2v) is 8.94. The molecule has 1 heterocycles. The van der Waals surface area contributed by atoms with Gasteiger partial charge in [0.2, 0.25) is 0 Å². The van der Waals surface area contributed by atoms with Crippen LogP contribution < -0.4 is 0 Å². The number of hydrogen-bond donors (Lipinski definition) is 3. The van der Waals surface area contributed by atoms with Gasteiger partial charge in [-0.05, 0) is 62.0 Å². The number of aromatic amines is 1. The van der Waals surface area contributed by atoms with Gasteiger partial charge in [-0.1, -0.05) is 48.0 Å². The summed E-state index contributed by atoms with van der Waals surface area (Å²) in [5.74, 6) is -0.848. The highest BCUT2D eigenvalue weighted by Crippen LogP contribution is 2.33. The summed E-state index contributed by atoms with van der Waals surface area (Å²) in [5.41, 5.74) is 5.41. The third-order valence-electron chi connectivity index (χ3n) is 5.46. The van der Waals surface area contributed by atoms with Gasteiger partial charge >= 0.3 is 5.97 Å². The number of nitrogens with zero attached hydrogens (tertiary/aromatic N) is 2. The van der Waals surface area contributed by atoms with Gasteiger partial charge in [-0.3, -0.25) is 4.79 Å². The van der Waals surface area contributed by atoms with Gasteiger partial charge in [0, 0.05) is 28.9 Å². The van der Waals surface area contributed by atoms with E-state index in [1.165, 1.54) is 0 Å². The number of aromatic nitrogens is 1. The molecule has 0 aliphatic rings. The molecule has 4 aromatic rings. The number of aliphatic carboxylic acids is 1. The number of benzene rings is 3. The van der Waals surface area contributed by atoms with Crippen LogP contribution in [0.5, 0.6) is 5.88 Å². The van der Waals surface area contributed by atoms with E-state index in [4.69, 9.17) is 21.7 Å². The second-order valence-electron chi connectivity index (χ2n) is 8.50. The molecule has 34 heavy (non-hydrogen) atoms. The van der Waals surface area contributed by atoms with Gasteiger partial charge in [0.25, 0.3) is 0 Å². The number of aliphatic imine (C=N–C) groups is 1. The molecule has 0 amide bonds. The lowest BCUT2D eigenvalue weighted by Crippen LogP contribution is -2.10. The molecule has 7 heteroatoms. The molecule has 0 unspecified atom stereocenters. The molecule has 0 saturated heterocycles. The lowest BCUT2D eigenvalue weighted by atomic mass is 9.97. The van der Waals surface area contributed by atoms with Gasteiger partial charge < -0.3 is 20.1 Å². The van der Waals surface area contributed by atoms with Gasteiger partial charge in [0.05, 0.1) is 22.5 Å². The number of nitrogens with one attached hydrogen (secondary N) is 1. The van der Waals surface area contributed by atoms with Crippen molar-refractivity contribution in [3.63, 3.8) is 0 Å². The first-order valence-corrected chi connectivity index (χ1v) is 11.3. The fourth-order valence-electron chi connectivity index (χ4n) is 4.00. The van der Waals surface area contributed by atoms with Crippen LogP contribution in [0.2, 0.25) is 5.02 Å². The highest BCUT2D eigenvalue weighted by molar-refractivity contribution is 6.31. The summed E-state index contributed by atoms with van der Waals surface area (Å²) in [4.78, 5) is 21.1. The van der Waals surface area contributed by atoms with Gasteiger partial charge in [-0.25, -0.2) is 4.99 Å². The minimum Gasteiger partial charge on any atom is -0.494 e. The quantitative estimate of drug-likeness (QED) is 0.282. The predicted octanol–water partition coefficient (Wildman–Crippen LogP) is 5.77. The van der Waals surface area contributed by atoms with Crippen molar-refractivity contribution in [1.29, 1.82) is 0 Å². The Morgan fingerprint density at radius 1 is 1.03 bits per heavy atom. The van der Waals surface area contributed by atoms with Crippen molar-refractivity contribution < 1.29 is 15.0 Å². The maximum atomic E-state index is 11.1. The Bertz CT molecular complexity index is 1370. The topological polar surface area (TPSA) is 88.9 Å². The summed E-state index contributed by atoms with van der Waals surface area (Å²) in [7, 11) is 4.03. The highest BCUT2D eigenvalue weighted by atomic mass is 35.5. The molecule has 0 fully saturated rings. The van der Waals surface area contributed by atoms with E-state index in [0.29, 0.717) is 28.2 Å². The maximum Gasteiger partial charge on any atom is 0.303 e. The number of fused-ring (bicyclic) bond motifs is 1. The van der Waals surface area contributed by atoms with E-state index < -0.39 is 5.97 Å². The molecule has 1 aromatic heterocycles. The number of aromatic hydroxyl groups is 1. The van der Waals surface area contributed by atoms with Crippen molar-refractivity contribution in [3.05, 3.63) is 94.0 Å². The van der Waals surface area contributed by atoms with Crippen LogP contribution in [-0.4, -0.2) is 45.9 Å². The number of rotatable bonds is 8. The van der Waals surface area contributed by atoms with Crippen LogP contribution in [0.25, 0.3) is 10.9 Å². The molecule has 3 N–H and O–H groups in total. The van der Waals surface area contributed by atoms with E-state index in [1.807, 2.05) is 62.6 Å². The summed E-state index contributed by atoms with van der Waals surface area (Å²) in [6.07, 6.45) is 0.448. The minimum atomic E-state index is -0.844. The van der Waals surface area contributed by atoms with E-state index in [9.17, 15) is 9.90 Å². The van der Waals surface area contributed by atoms with Gasteiger partial charge in [-0.15, -0.1) is 0 Å². The molecule has 0 bridgehead atoms. The fourth-order valence-corrected chi connectivity index (χ4v) is 4.18. The summed E-state index contributed by atoms with van der Waals surface area (Å²) in [6.45, 7) is 0.778. The molecule has 3 aromatic carbocycles. The molecule has 0 aliphatic carbocycles. The van der Waals surface area contributed by atoms with E-state index in [2.05, 4.69) is 16.0 Å². The molecule has 174 valence electrons. The summed E-state index contributed by atoms with van der Waals surface area (Å²) >= 11 is 6.16. The molecule has 0 radical (unpaired) electrons. The molecule has 0 spiro atoms. The van der Waals surface area contributed by atoms with Crippen molar-refractivity contribution in [2.75, 3.05) is 14.1 Å². The van der Waals surface area contributed by atoms with Crippen LogP contribution in [0.1, 0.15) is 28.7 Å². The largest absolute Gasteiger partial charge is 0.494 e. The summed E-state index contributed by atoms with van der Waals surface area (Å²) in [5, 5.41) is 21.3. The Labute approximate surface area is 203 Å². The van der Waals surface area contributed by atoms with E-state index in [-0.39, 0.29) is 12.3 Å². The van der Waals surface area contributed by atoms with Crippen LogP contribution in [0.3, 0.4) is 0 Å². The number of halogens is 1. The second kappa shape index (κ2) is 10.1. The number of H-pyrrole nitrogens is 1. The van der Waals surface area contributed by atoms with Gasteiger partial charge in [0.15, 0.2) is 5.88 Å². The van der Waals surface area contributed by atoms with Crippen molar-refractivity contribution >= 4 is 39.9 Å². The van der Waals surface area contributed by atoms with E-state index in [1.54, 1.807) is 12.1 Å². The average molecular weight is 476 g/mol. The Balaban J connectivity index is 1.88. The third kappa shape index (κ3) is 5.47. The zero-order valence-corrected chi connectivity index (χ0v) is 19.8. The van der Waals surface area contributed by atoms with Gasteiger partial charge in [-0.2, -0.15) is 0 Å². The first kappa shape index (κ1) is 23.5. The van der Waals surface area contributed by atoms with E-state index in [0.717, 1.165) is 34.3 Å². The number of hydrogen-bond acceptors (Lipinski definition) is 4. The zero-order valence-electron chi connectivity index (χ0n) is 19.0. The minimum absolute atomic E-state index is 0.00333. The van der Waals surface area contributed by atoms with Crippen LogP contribution in [0, 0.1) is 0 Å². The lowest BCUT2D eigenvalue weighted by molar-refractivity contribution is -0.136. The monoisotopic (exact) mass is 475 g/mol. The van der Waals surface area contributed by atoms with Crippen molar-refractivity contribution in [2.45, 2.75) is 19.4 Å². The molecular formula is C27H26ClN3O3. The van der Waals surface area contributed by atoms with Crippen LogP contribution in [0.15, 0.2) is 71.7 Å². The molecule has 0 aliphatic heterocycles. The Kier molecular flexibility index (Phi) is 7.01. The maximum absolute atomic E-state index is 11.1. The standard InChI is InChI=1S/C27H26ClN3O3/c1-31(2)16-18-6-4-8-21(14-18)29-26(19-7-3-5-17(13-19)9-12-24(32)33)25-22-11-10-20(28)15-23(22)30-27(25)34/h3-8,10-11,13-15,30,34H,9,12,16H2,1-2H3,(H,32,33). The Hall–Kier alpha value is -3.61. The van der Waals surface area contributed by atoms with Crippen molar-refractivity contribution in [3.8, 4) is 5.88 Å². The summed E-state index contributed by atoms with van der Waals surface area (Å²) < 4.78 is 0. The van der Waals surface area contributed by atoms with Crippen LogP contribution >= 0.6 is 11.6 Å². The fraction of sp³-hybridized carbons (Fsp3) is 0.185. The number of carboxylic acid groups (broad SMARTS) is 1. The molecule has 0 saturated carbocycles. The Morgan fingerprint density at radius 3 is 2.56 bits per heavy atom. The Morgan fingerprint density at radius 2 is 1.79 bits per heavy atom. The smallest absolute Gasteiger partial charge is 0.303 e. The normalized spacial score (nSPS) is 11.9. The number of carboxylic acids is 1. The lowest BCUT2D eigenvalue weighted by Gasteiger charge is -2.12. The molecular weight excluding hydrogens is 450 g/mol. The number of carbonyl (C=O) groups is 1.